The molecular weight excluding hydrogens is 232 g/mol. The molecule has 100 valence electrons. The minimum Gasteiger partial charge on any atom is -0.494 e. The molecule has 0 aliphatic rings. The van der Waals surface area contributed by atoms with Crippen molar-refractivity contribution < 1.29 is 4.74 Å². The summed E-state index contributed by atoms with van der Waals surface area (Å²) >= 11 is 0. The summed E-state index contributed by atoms with van der Waals surface area (Å²) in [6.07, 6.45) is 1.04. The van der Waals surface area contributed by atoms with E-state index in [0.29, 0.717) is 5.92 Å². The highest BCUT2D eigenvalue weighted by Gasteiger charge is 2.02. The maximum atomic E-state index is 5.61. The lowest BCUT2D eigenvalue weighted by Gasteiger charge is -2.09. The molecule has 2 rings (SSSR count). The molecule has 0 unspecified atom stereocenters. The van der Waals surface area contributed by atoms with Gasteiger partial charge in [-0.1, -0.05) is 57.2 Å². The molecule has 0 amide bonds. The van der Waals surface area contributed by atoms with Crippen LogP contribution in [0.25, 0.3) is 11.1 Å². The zero-order valence-corrected chi connectivity index (χ0v) is 12.0. The summed E-state index contributed by atoms with van der Waals surface area (Å²) in [6, 6.07) is 17.1. The van der Waals surface area contributed by atoms with E-state index < -0.39 is 0 Å². The predicted octanol–water partition coefficient (Wildman–Crippen LogP) is 5.27. The van der Waals surface area contributed by atoms with Gasteiger partial charge in [-0.25, -0.2) is 0 Å². The normalized spacial score (nSPS) is 10.7. The van der Waals surface area contributed by atoms with Crippen LogP contribution in [0.1, 0.15) is 38.7 Å². The van der Waals surface area contributed by atoms with Gasteiger partial charge in [0.05, 0.1) is 6.61 Å². The lowest BCUT2D eigenvalue weighted by Crippen LogP contribution is -1.94. The third-order valence-corrected chi connectivity index (χ3v) is 3.21. The first-order valence-corrected chi connectivity index (χ1v) is 7.04. The molecule has 0 bridgehead atoms. The quantitative estimate of drug-likeness (QED) is 0.706. The van der Waals surface area contributed by atoms with E-state index in [-0.39, 0.29) is 0 Å². The fraction of sp³-hybridized carbons (Fsp3) is 0.333. The van der Waals surface area contributed by atoms with Crippen molar-refractivity contribution in [2.24, 2.45) is 0 Å². The second-order valence-corrected chi connectivity index (χ2v) is 5.15. The highest BCUT2D eigenvalue weighted by atomic mass is 16.5. The number of ether oxygens (including phenoxy) is 1. The van der Waals surface area contributed by atoms with Crippen LogP contribution in [0.5, 0.6) is 5.75 Å². The molecule has 0 spiro atoms. The van der Waals surface area contributed by atoms with Crippen LogP contribution in [0, 0.1) is 0 Å². The van der Waals surface area contributed by atoms with Crippen LogP contribution in [0.2, 0.25) is 0 Å². The molecule has 0 atom stereocenters. The Kier molecular flexibility index (Phi) is 4.62. The molecule has 0 saturated heterocycles. The molecule has 2 aromatic rings. The van der Waals surface area contributed by atoms with Gasteiger partial charge in [0, 0.05) is 0 Å². The summed E-state index contributed by atoms with van der Waals surface area (Å²) in [7, 11) is 0. The largest absolute Gasteiger partial charge is 0.494 e. The fourth-order valence-corrected chi connectivity index (χ4v) is 2.04. The zero-order valence-electron chi connectivity index (χ0n) is 12.0. The SMILES string of the molecule is CCCOc1ccc(-c2cccc(C(C)C)c2)cc1. The first-order chi connectivity index (χ1) is 9.20. The van der Waals surface area contributed by atoms with Crippen LogP contribution in [-0.2, 0) is 0 Å². The first kappa shape index (κ1) is 13.7. The topological polar surface area (TPSA) is 9.23 Å². The molecule has 19 heavy (non-hydrogen) atoms. The molecule has 2 aromatic carbocycles. The predicted molar refractivity (Wildman–Crippen MR) is 81.8 cm³/mol. The zero-order chi connectivity index (χ0) is 13.7. The Morgan fingerprint density at radius 2 is 1.68 bits per heavy atom. The first-order valence-electron chi connectivity index (χ1n) is 7.04. The molecule has 0 N–H and O–H groups in total. The van der Waals surface area contributed by atoms with Gasteiger partial charge in [0.1, 0.15) is 5.75 Å². The Morgan fingerprint density at radius 3 is 2.32 bits per heavy atom. The van der Waals surface area contributed by atoms with Crippen molar-refractivity contribution in [1.82, 2.24) is 0 Å². The second kappa shape index (κ2) is 6.42. The van der Waals surface area contributed by atoms with Gasteiger partial charge in [0.25, 0.3) is 0 Å². The summed E-state index contributed by atoms with van der Waals surface area (Å²) in [5, 5.41) is 0. The van der Waals surface area contributed by atoms with Crippen molar-refractivity contribution in [3.63, 3.8) is 0 Å². The lowest BCUT2D eigenvalue weighted by atomic mass is 9.97. The number of hydrogen-bond donors (Lipinski definition) is 0. The third-order valence-electron chi connectivity index (χ3n) is 3.21. The lowest BCUT2D eigenvalue weighted by molar-refractivity contribution is 0.317. The van der Waals surface area contributed by atoms with Gasteiger partial charge in [0.15, 0.2) is 0 Å². The standard InChI is InChI=1S/C18H22O/c1-4-12-19-18-10-8-15(9-11-18)17-7-5-6-16(13-17)14(2)3/h5-11,13-14H,4,12H2,1-3H3. The van der Waals surface area contributed by atoms with Crippen molar-refractivity contribution in [3.05, 3.63) is 54.1 Å². The van der Waals surface area contributed by atoms with E-state index >= 15 is 0 Å². The summed E-state index contributed by atoms with van der Waals surface area (Å²) < 4.78 is 5.61. The maximum absolute atomic E-state index is 5.61. The summed E-state index contributed by atoms with van der Waals surface area (Å²) in [4.78, 5) is 0. The van der Waals surface area contributed by atoms with Gasteiger partial charge in [-0.3, -0.25) is 0 Å². The van der Waals surface area contributed by atoms with Gasteiger partial charge in [-0.05, 0) is 41.2 Å². The molecule has 0 fully saturated rings. The average molecular weight is 254 g/mol. The van der Waals surface area contributed by atoms with E-state index in [1.807, 2.05) is 12.1 Å². The molecule has 1 heteroatoms. The summed E-state index contributed by atoms with van der Waals surface area (Å²) in [6.45, 7) is 7.34. The highest BCUT2D eigenvalue weighted by Crippen LogP contribution is 2.25. The average Bonchev–Trinajstić information content (AvgIpc) is 2.46. The summed E-state index contributed by atoms with van der Waals surface area (Å²) in [5.41, 5.74) is 3.89. The van der Waals surface area contributed by atoms with Gasteiger partial charge >= 0.3 is 0 Å². The van der Waals surface area contributed by atoms with Crippen LogP contribution in [0.3, 0.4) is 0 Å². The Labute approximate surface area is 116 Å². The smallest absolute Gasteiger partial charge is 0.119 e. The molecule has 0 aliphatic carbocycles. The van der Waals surface area contributed by atoms with Crippen LogP contribution in [0.15, 0.2) is 48.5 Å². The van der Waals surface area contributed by atoms with Crippen LogP contribution in [0.4, 0.5) is 0 Å². The molecule has 0 radical (unpaired) electrons. The minimum absolute atomic E-state index is 0.562. The van der Waals surface area contributed by atoms with Crippen molar-refractivity contribution in [2.75, 3.05) is 6.61 Å². The van der Waals surface area contributed by atoms with Crippen LogP contribution in [-0.4, -0.2) is 6.61 Å². The van der Waals surface area contributed by atoms with E-state index in [1.54, 1.807) is 0 Å². The van der Waals surface area contributed by atoms with E-state index in [2.05, 4.69) is 57.2 Å². The number of benzene rings is 2. The fourth-order valence-electron chi connectivity index (χ4n) is 2.04. The van der Waals surface area contributed by atoms with E-state index in [9.17, 15) is 0 Å². The van der Waals surface area contributed by atoms with Crippen molar-refractivity contribution in [3.8, 4) is 16.9 Å². The molecule has 0 aliphatic heterocycles. The van der Waals surface area contributed by atoms with Crippen molar-refractivity contribution >= 4 is 0 Å². The number of hydrogen-bond acceptors (Lipinski definition) is 1. The molecule has 0 saturated carbocycles. The molecule has 0 aromatic heterocycles. The third kappa shape index (κ3) is 3.60. The molecule has 1 nitrogen and oxygen atoms in total. The van der Waals surface area contributed by atoms with Crippen LogP contribution >= 0.6 is 0 Å². The van der Waals surface area contributed by atoms with E-state index in [1.165, 1.54) is 16.7 Å². The number of rotatable bonds is 5. The van der Waals surface area contributed by atoms with Gasteiger partial charge in [-0.2, -0.15) is 0 Å². The van der Waals surface area contributed by atoms with E-state index in [0.717, 1.165) is 18.8 Å². The highest BCUT2D eigenvalue weighted by molar-refractivity contribution is 5.65. The maximum Gasteiger partial charge on any atom is 0.119 e. The van der Waals surface area contributed by atoms with Crippen LogP contribution < -0.4 is 4.74 Å². The summed E-state index contributed by atoms with van der Waals surface area (Å²) in [5.74, 6) is 1.51. The Morgan fingerprint density at radius 1 is 0.947 bits per heavy atom. The Hall–Kier alpha value is -1.76. The van der Waals surface area contributed by atoms with E-state index in [4.69, 9.17) is 4.74 Å². The molecular formula is C18H22O. The van der Waals surface area contributed by atoms with Crippen molar-refractivity contribution in [1.29, 1.82) is 0 Å². The Balaban J connectivity index is 2.19. The molecule has 0 heterocycles. The monoisotopic (exact) mass is 254 g/mol. The van der Waals surface area contributed by atoms with Crippen molar-refractivity contribution in [2.45, 2.75) is 33.1 Å². The minimum atomic E-state index is 0.562. The second-order valence-electron chi connectivity index (χ2n) is 5.15. The van der Waals surface area contributed by atoms with Gasteiger partial charge in [-0.15, -0.1) is 0 Å². The van der Waals surface area contributed by atoms with Gasteiger partial charge in [0.2, 0.25) is 0 Å². The Bertz CT molecular complexity index is 511. The van der Waals surface area contributed by atoms with Gasteiger partial charge < -0.3 is 4.74 Å².